The minimum absolute atomic E-state index is 0.0218. The number of anilines is 1. The molecule has 0 atom stereocenters. The van der Waals surface area contributed by atoms with E-state index in [9.17, 15) is 14.4 Å². The Morgan fingerprint density at radius 3 is 2.67 bits per heavy atom. The first-order valence-corrected chi connectivity index (χ1v) is 8.49. The first-order chi connectivity index (χ1) is 12.8. The van der Waals surface area contributed by atoms with Crippen molar-refractivity contribution in [3.8, 4) is 0 Å². The van der Waals surface area contributed by atoms with Gasteiger partial charge in [-0.25, -0.2) is 5.43 Å². The molecule has 1 aromatic heterocycles. The molecule has 1 aromatic carbocycles. The van der Waals surface area contributed by atoms with Crippen LogP contribution in [-0.4, -0.2) is 23.9 Å². The molecule has 3 amide bonds. The number of halogens is 1. The Hall–Kier alpha value is -3.13. The summed E-state index contributed by atoms with van der Waals surface area (Å²) in [5.41, 5.74) is 2.79. The van der Waals surface area contributed by atoms with Crippen molar-refractivity contribution < 1.29 is 18.8 Å². The average molecular weight is 391 g/mol. The maximum Gasteiger partial charge on any atom is 0.313 e. The van der Waals surface area contributed by atoms with Crippen LogP contribution in [0.15, 0.2) is 45.9 Å². The molecule has 1 heterocycles. The number of nitrogens with one attached hydrogen (secondary N) is 3. The van der Waals surface area contributed by atoms with Crippen LogP contribution in [0.3, 0.4) is 0 Å². The second-order valence-electron chi connectivity index (χ2n) is 5.84. The van der Waals surface area contributed by atoms with Gasteiger partial charge in [-0.3, -0.25) is 14.4 Å². The van der Waals surface area contributed by atoms with E-state index in [4.69, 9.17) is 16.0 Å². The van der Waals surface area contributed by atoms with E-state index in [1.54, 1.807) is 44.2 Å². The molecule has 0 fully saturated rings. The van der Waals surface area contributed by atoms with E-state index in [2.05, 4.69) is 21.2 Å². The number of nitrogens with zero attached hydrogens (tertiary/aromatic N) is 1. The molecule has 2 aromatic rings. The van der Waals surface area contributed by atoms with Crippen molar-refractivity contribution in [1.82, 2.24) is 10.7 Å². The van der Waals surface area contributed by atoms with Gasteiger partial charge in [-0.05, 0) is 30.3 Å². The molecule has 0 aliphatic carbocycles. The average Bonchev–Trinajstić information content (AvgIpc) is 3.07. The Labute approximate surface area is 161 Å². The van der Waals surface area contributed by atoms with Crippen LogP contribution in [0.4, 0.5) is 5.69 Å². The summed E-state index contributed by atoms with van der Waals surface area (Å²) in [7, 11) is 0. The SMILES string of the molecule is CC(C)C(=O)N/N=C\c1ccc(CNC(=O)C(=O)Nc2cccc(Cl)c2)o1. The third-order valence-electron chi connectivity index (χ3n) is 3.29. The lowest BCUT2D eigenvalue weighted by Gasteiger charge is -2.05. The van der Waals surface area contributed by atoms with Crippen molar-refractivity contribution in [3.05, 3.63) is 52.9 Å². The number of hydrogen-bond acceptors (Lipinski definition) is 5. The molecule has 0 saturated heterocycles. The minimum Gasteiger partial charge on any atom is -0.458 e. The minimum atomic E-state index is -0.818. The zero-order chi connectivity index (χ0) is 19.8. The molecule has 3 N–H and O–H groups in total. The van der Waals surface area contributed by atoms with Crippen LogP contribution < -0.4 is 16.1 Å². The maximum atomic E-state index is 11.9. The highest BCUT2D eigenvalue weighted by Crippen LogP contribution is 2.14. The van der Waals surface area contributed by atoms with Gasteiger partial charge in [0.1, 0.15) is 11.5 Å². The van der Waals surface area contributed by atoms with Crippen molar-refractivity contribution in [1.29, 1.82) is 0 Å². The van der Waals surface area contributed by atoms with Gasteiger partial charge in [0.15, 0.2) is 0 Å². The van der Waals surface area contributed by atoms with E-state index >= 15 is 0 Å². The van der Waals surface area contributed by atoms with E-state index in [1.807, 2.05) is 0 Å². The van der Waals surface area contributed by atoms with Crippen LogP contribution in [0.5, 0.6) is 0 Å². The Morgan fingerprint density at radius 2 is 1.96 bits per heavy atom. The first kappa shape index (κ1) is 20.2. The summed E-state index contributed by atoms with van der Waals surface area (Å²) >= 11 is 5.82. The van der Waals surface area contributed by atoms with Gasteiger partial charge in [-0.1, -0.05) is 31.5 Å². The van der Waals surface area contributed by atoms with Gasteiger partial charge in [-0.2, -0.15) is 5.10 Å². The zero-order valence-corrected chi connectivity index (χ0v) is 15.5. The summed E-state index contributed by atoms with van der Waals surface area (Å²) in [6, 6.07) is 9.71. The summed E-state index contributed by atoms with van der Waals surface area (Å²) in [6.07, 6.45) is 1.34. The van der Waals surface area contributed by atoms with E-state index in [1.165, 1.54) is 12.3 Å². The van der Waals surface area contributed by atoms with Crippen LogP contribution in [-0.2, 0) is 20.9 Å². The predicted octanol–water partition coefficient (Wildman–Crippen LogP) is 2.29. The number of carbonyl (C=O) groups excluding carboxylic acids is 3. The van der Waals surface area contributed by atoms with Gasteiger partial charge in [0.05, 0.1) is 12.8 Å². The lowest BCUT2D eigenvalue weighted by molar-refractivity contribution is -0.136. The number of amides is 3. The molecule has 0 aliphatic heterocycles. The van der Waals surface area contributed by atoms with Crippen LogP contribution in [0, 0.1) is 5.92 Å². The van der Waals surface area contributed by atoms with E-state index in [-0.39, 0.29) is 18.4 Å². The zero-order valence-electron chi connectivity index (χ0n) is 14.8. The van der Waals surface area contributed by atoms with E-state index in [0.29, 0.717) is 22.2 Å². The molecular formula is C18H19ClN4O4. The molecule has 9 heteroatoms. The molecular weight excluding hydrogens is 372 g/mol. The molecule has 0 saturated carbocycles. The van der Waals surface area contributed by atoms with Gasteiger partial charge in [0, 0.05) is 16.6 Å². The van der Waals surface area contributed by atoms with Gasteiger partial charge < -0.3 is 15.1 Å². The molecule has 2 rings (SSSR count). The molecule has 8 nitrogen and oxygen atoms in total. The van der Waals surface area contributed by atoms with Gasteiger partial charge in [-0.15, -0.1) is 0 Å². The summed E-state index contributed by atoms with van der Waals surface area (Å²) in [4.78, 5) is 35.1. The van der Waals surface area contributed by atoms with E-state index in [0.717, 1.165) is 0 Å². The van der Waals surface area contributed by atoms with Crippen molar-refractivity contribution in [2.45, 2.75) is 20.4 Å². The van der Waals surface area contributed by atoms with Crippen molar-refractivity contribution in [2.24, 2.45) is 11.0 Å². The van der Waals surface area contributed by atoms with E-state index < -0.39 is 11.8 Å². The topological polar surface area (TPSA) is 113 Å². The lowest BCUT2D eigenvalue weighted by atomic mass is 10.2. The second kappa shape index (κ2) is 9.54. The molecule has 27 heavy (non-hydrogen) atoms. The third-order valence-corrected chi connectivity index (χ3v) is 3.52. The largest absolute Gasteiger partial charge is 0.458 e. The number of hydrogen-bond donors (Lipinski definition) is 3. The lowest BCUT2D eigenvalue weighted by Crippen LogP contribution is -2.34. The summed E-state index contributed by atoms with van der Waals surface area (Å²) in [5, 5.41) is 9.11. The standard InChI is InChI=1S/C18H19ClN4O4/c1-11(2)16(24)23-21-10-15-7-6-14(27-15)9-20-17(25)18(26)22-13-5-3-4-12(19)8-13/h3-8,10-11H,9H2,1-2H3,(H,20,25)(H,22,26)(H,23,24)/b21-10-. The fraction of sp³-hybridized carbons (Fsp3) is 0.222. The third kappa shape index (κ3) is 6.59. The highest BCUT2D eigenvalue weighted by molar-refractivity contribution is 6.39. The van der Waals surface area contributed by atoms with Crippen LogP contribution in [0.1, 0.15) is 25.4 Å². The molecule has 0 spiro atoms. The first-order valence-electron chi connectivity index (χ1n) is 8.11. The Kier molecular flexibility index (Phi) is 7.13. The summed E-state index contributed by atoms with van der Waals surface area (Å²) in [6.45, 7) is 3.52. The van der Waals surface area contributed by atoms with Crippen LogP contribution in [0.25, 0.3) is 0 Å². The highest BCUT2D eigenvalue weighted by Gasteiger charge is 2.14. The normalized spacial score (nSPS) is 10.8. The number of carbonyl (C=O) groups is 3. The van der Waals surface area contributed by atoms with Crippen molar-refractivity contribution in [2.75, 3.05) is 5.32 Å². The number of rotatable bonds is 6. The number of hydrazone groups is 1. The summed E-state index contributed by atoms with van der Waals surface area (Å²) in [5.74, 6) is -1.20. The maximum absolute atomic E-state index is 11.9. The van der Waals surface area contributed by atoms with Gasteiger partial charge in [0.25, 0.3) is 0 Å². The molecule has 0 aliphatic rings. The van der Waals surface area contributed by atoms with Gasteiger partial charge in [0.2, 0.25) is 5.91 Å². The molecule has 0 radical (unpaired) electrons. The fourth-order valence-electron chi connectivity index (χ4n) is 1.85. The number of benzene rings is 1. The Morgan fingerprint density at radius 1 is 1.19 bits per heavy atom. The van der Waals surface area contributed by atoms with Gasteiger partial charge >= 0.3 is 11.8 Å². The smallest absolute Gasteiger partial charge is 0.313 e. The quantitative estimate of drug-likeness (QED) is 0.399. The van der Waals surface area contributed by atoms with Crippen molar-refractivity contribution >= 4 is 41.2 Å². The Balaban J connectivity index is 1.81. The number of furan rings is 1. The Bertz CT molecular complexity index is 861. The molecule has 142 valence electrons. The van der Waals surface area contributed by atoms with Crippen molar-refractivity contribution in [3.63, 3.8) is 0 Å². The fourth-order valence-corrected chi connectivity index (χ4v) is 2.04. The highest BCUT2D eigenvalue weighted by atomic mass is 35.5. The predicted molar refractivity (Wildman–Crippen MR) is 101 cm³/mol. The summed E-state index contributed by atoms with van der Waals surface area (Å²) < 4.78 is 5.43. The van der Waals surface area contributed by atoms with Crippen LogP contribution >= 0.6 is 11.6 Å². The monoisotopic (exact) mass is 390 g/mol. The second-order valence-corrected chi connectivity index (χ2v) is 6.28. The van der Waals surface area contributed by atoms with Crippen LogP contribution in [0.2, 0.25) is 5.02 Å². The molecule has 0 unspecified atom stereocenters. The molecule has 0 bridgehead atoms.